The summed E-state index contributed by atoms with van der Waals surface area (Å²) in [4.78, 5) is 0. The second-order valence-electron chi connectivity index (χ2n) is 3.45. The Morgan fingerprint density at radius 2 is 1.91 bits per heavy atom. The van der Waals surface area contributed by atoms with Crippen molar-refractivity contribution in [2.24, 2.45) is 11.8 Å². The largest absolute Gasteiger partial charge is 0.0885 e. The van der Waals surface area contributed by atoms with E-state index in [1.807, 2.05) is 0 Å². The summed E-state index contributed by atoms with van der Waals surface area (Å²) >= 11 is 0. The maximum absolute atomic E-state index is 4.00. The number of hydrogen-bond donors (Lipinski definition) is 0. The fourth-order valence-corrected chi connectivity index (χ4v) is 0.828. The van der Waals surface area contributed by atoms with Crippen LogP contribution in [0.1, 0.15) is 40.0 Å². The molecule has 1 radical (unpaired) electrons. The van der Waals surface area contributed by atoms with E-state index in [1.54, 1.807) is 0 Å². The minimum Gasteiger partial charge on any atom is -0.0885 e. The van der Waals surface area contributed by atoms with Gasteiger partial charge < -0.3 is 0 Å². The van der Waals surface area contributed by atoms with Gasteiger partial charge in [0.05, 0.1) is 0 Å². The molecule has 0 aromatic rings. The lowest BCUT2D eigenvalue weighted by Crippen LogP contribution is -2.01. The van der Waals surface area contributed by atoms with Crippen molar-refractivity contribution in [1.82, 2.24) is 0 Å². The van der Waals surface area contributed by atoms with Crippen LogP contribution in [-0.4, -0.2) is 0 Å². The van der Waals surface area contributed by atoms with E-state index in [-0.39, 0.29) is 0 Å². The minimum atomic E-state index is 0.571. The summed E-state index contributed by atoms with van der Waals surface area (Å²) in [5.41, 5.74) is 0. The summed E-state index contributed by atoms with van der Waals surface area (Å²) in [6, 6.07) is 0. The van der Waals surface area contributed by atoms with Crippen LogP contribution >= 0.6 is 0 Å². The third kappa shape index (κ3) is 6.15. The van der Waals surface area contributed by atoms with Crippen LogP contribution in [0, 0.1) is 18.8 Å². The first-order valence-electron chi connectivity index (χ1n) is 4.66. The first-order valence-corrected chi connectivity index (χ1v) is 4.66. The van der Waals surface area contributed by atoms with Crippen LogP contribution in [0.25, 0.3) is 0 Å². The zero-order valence-electron chi connectivity index (χ0n) is 8.14. The zero-order valence-corrected chi connectivity index (χ0v) is 8.14. The Bertz CT molecular complexity index is 101. The standard InChI is InChI=1S/C11H21/c1-5-6-7-8-9-11(4)10(2)3/h7-8,10-11H,2,5-6,9H2,1,3-4H3. The predicted octanol–water partition coefficient (Wildman–Crippen LogP) is 3.84. The monoisotopic (exact) mass is 153 g/mol. The van der Waals surface area contributed by atoms with Crippen molar-refractivity contribution >= 4 is 0 Å². The molecule has 0 heteroatoms. The van der Waals surface area contributed by atoms with Gasteiger partial charge in [-0.2, -0.15) is 0 Å². The molecular formula is C11H21. The van der Waals surface area contributed by atoms with E-state index in [9.17, 15) is 0 Å². The van der Waals surface area contributed by atoms with Crippen LogP contribution in [0.2, 0.25) is 0 Å². The number of unbranched alkanes of at least 4 members (excludes halogenated alkanes) is 1. The number of allylic oxidation sites excluding steroid dienone is 2. The topological polar surface area (TPSA) is 0 Å². The van der Waals surface area contributed by atoms with Crippen LogP contribution in [0.4, 0.5) is 0 Å². The van der Waals surface area contributed by atoms with Crippen molar-refractivity contribution in [1.29, 1.82) is 0 Å². The van der Waals surface area contributed by atoms with E-state index >= 15 is 0 Å². The highest BCUT2D eigenvalue weighted by molar-refractivity contribution is 4.84. The molecule has 0 heterocycles. The molecule has 0 aliphatic carbocycles. The third-order valence-electron chi connectivity index (χ3n) is 2.10. The molecule has 0 saturated heterocycles. The van der Waals surface area contributed by atoms with Crippen molar-refractivity contribution < 1.29 is 0 Å². The van der Waals surface area contributed by atoms with Gasteiger partial charge >= 0.3 is 0 Å². The Kier molecular flexibility index (Phi) is 6.30. The summed E-state index contributed by atoms with van der Waals surface area (Å²) in [5, 5.41) is 0. The first kappa shape index (κ1) is 10.7. The molecule has 2 atom stereocenters. The van der Waals surface area contributed by atoms with E-state index in [0.717, 1.165) is 5.92 Å². The molecule has 0 bridgehead atoms. The normalized spacial score (nSPS) is 14.6. The molecule has 11 heavy (non-hydrogen) atoms. The molecular weight excluding hydrogens is 132 g/mol. The van der Waals surface area contributed by atoms with Crippen LogP contribution in [-0.2, 0) is 0 Å². The van der Waals surface area contributed by atoms with Gasteiger partial charge in [0.25, 0.3) is 0 Å². The quantitative estimate of drug-likeness (QED) is 0.526. The SMILES string of the molecule is [CH2]C(C)C(C)CC=CCCC. The average Bonchev–Trinajstić information content (AvgIpc) is 1.97. The van der Waals surface area contributed by atoms with E-state index < -0.39 is 0 Å². The lowest BCUT2D eigenvalue weighted by molar-refractivity contribution is 0.462. The number of rotatable bonds is 5. The Morgan fingerprint density at radius 1 is 1.27 bits per heavy atom. The fraction of sp³-hybridized carbons (Fsp3) is 0.727. The highest BCUT2D eigenvalue weighted by Gasteiger charge is 2.03. The molecule has 0 saturated carbocycles. The molecule has 0 spiro atoms. The molecule has 65 valence electrons. The maximum Gasteiger partial charge on any atom is -0.0322 e. The van der Waals surface area contributed by atoms with Gasteiger partial charge in [-0.25, -0.2) is 0 Å². The second kappa shape index (κ2) is 6.45. The van der Waals surface area contributed by atoms with Crippen molar-refractivity contribution in [3.8, 4) is 0 Å². The minimum absolute atomic E-state index is 0.571. The van der Waals surface area contributed by atoms with Crippen LogP contribution in [0.5, 0.6) is 0 Å². The molecule has 0 N–H and O–H groups in total. The third-order valence-corrected chi connectivity index (χ3v) is 2.10. The predicted molar refractivity (Wildman–Crippen MR) is 52.4 cm³/mol. The van der Waals surface area contributed by atoms with Gasteiger partial charge in [0.2, 0.25) is 0 Å². The summed E-state index contributed by atoms with van der Waals surface area (Å²) in [7, 11) is 0. The zero-order chi connectivity index (χ0) is 8.69. The van der Waals surface area contributed by atoms with Crippen LogP contribution in [0.3, 0.4) is 0 Å². The van der Waals surface area contributed by atoms with Gasteiger partial charge in [-0.15, -0.1) is 0 Å². The van der Waals surface area contributed by atoms with E-state index in [0.29, 0.717) is 5.92 Å². The van der Waals surface area contributed by atoms with Gasteiger partial charge in [0.15, 0.2) is 0 Å². The van der Waals surface area contributed by atoms with Crippen molar-refractivity contribution in [3.05, 3.63) is 19.1 Å². The number of hydrogen-bond acceptors (Lipinski definition) is 0. The van der Waals surface area contributed by atoms with Crippen molar-refractivity contribution in [2.45, 2.75) is 40.0 Å². The molecule has 0 aliphatic heterocycles. The second-order valence-corrected chi connectivity index (χ2v) is 3.45. The van der Waals surface area contributed by atoms with Crippen LogP contribution in [0.15, 0.2) is 12.2 Å². The summed E-state index contributed by atoms with van der Waals surface area (Å²) in [6.07, 6.45) is 8.22. The van der Waals surface area contributed by atoms with E-state index in [2.05, 4.69) is 39.8 Å². The molecule has 0 aromatic carbocycles. The molecule has 0 aliphatic rings. The van der Waals surface area contributed by atoms with Crippen molar-refractivity contribution in [2.75, 3.05) is 0 Å². The molecule has 0 aromatic heterocycles. The van der Waals surface area contributed by atoms with E-state index in [1.165, 1.54) is 19.3 Å². The smallest absolute Gasteiger partial charge is 0.0322 e. The van der Waals surface area contributed by atoms with Gasteiger partial charge in [0.1, 0.15) is 0 Å². The Labute approximate surface area is 71.7 Å². The molecule has 2 unspecified atom stereocenters. The molecule has 0 fully saturated rings. The maximum atomic E-state index is 4.00. The van der Waals surface area contributed by atoms with Crippen molar-refractivity contribution in [3.63, 3.8) is 0 Å². The summed E-state index contributed by atoms with van der Waals surface area (Å²) < 4.78 is 0. The molecule has 0 amide bonds. The van der Waals surface area contributed by atoms with Gasteiger partial charge in [0, 0.05) is 0 Å². The lowest BCUT2D eigenvalue weighted by Gasteiger charge is -2.11. The Morgan fingerprint density at radius 3 is 2.36 bits per heavy atom. The molecule has 0 nitrogen and oxygen atoms in total. The molecule has 0 rings (SSSR count). The fourth-order valence-electron chi connectivity index (χ4n) is 0.828. The average molecular weight is 153 g/mol. The summed E-state index contributed by atoms with van der Waals surface area (Å²) in [6.45, 7) is 10.6. The Balaban J connectivity index is 3.36. The Hall–Kier alpha value is -0.260. The van der Waals surface area contributed by atoms with Gasteiger partial charge in [-0.05, 0) is 24.7 Å². The van der Waals surface area contributed by atoms with Crippen LogP contribution < -0.4 is 0 Å². The lowest BCUT2D eigenvalue weighted by atomic mass is 9.94. The first-order chi connectivity index (χ1) is 5.18. The summed E-state index contributed by atoms with van der Waals surface area (Å²) in [5.74, 6) is 1.30. The van der Waals surface area contributed by atoms with E-state index in [4.69, 9.17) is 0 Å². The van der Waals surface area contributed by atoms with Gasteiger partial charge in [-0.3, -0.25) is 0 Å². The van der Waals surface area contributed by atoms with Gasteiger partial charge in [-0.1, -0.05) is 46.3 Å². The highest BCUT2D eigenvalue weighted by atomic mass is 14.1. The highest BCUT2D eigenvalue weighted by Crippen LogP contribution is 2.13.